The van der Waals surface area contributed by atoms with Gasteiger partial charge >= 0.3 is 0 Å². The molecule has 4 nitrogen and oxygen atoms in total. The standard InChI is InChI=1S/C8H11FN4/c9-7-3-6(10)2-1-5(7)4-13-8(11)12/h1-3H,4,10H2,(H4,11,12,13). The fraction of sp³-hybridized carbons (Fsp3) is 0.125. The van der Waals surface area contributed by atoms with Crippen LogP contribution in [0.1, 0.15) is 5.56 Å². The maximum atomic E-state index is 13.1. The Kier molecular flexibility index (Phi) is 2.69. The molecule has 13 heavy (non-hydrogen) atoms. The minimum absolute atomic E-state index is 0.0591. The molecule has 0 amide bonds. The minimum atomic E-state index is -0.398. The Balaban J connectivity index is 2.84. The van der Waals surface area contributed by atoms with Crippen molar-refractivity contribution in [3.8, 4) is 0 Å². The van der Waals surface area contributed by atoms with E-state index in [1.165, 1.54) is 6.07 Å². The lowest BCUT2D eigenvalue weighted by molar-refractivity contribution is 0.611. The van der Waals surface area contributed by atoms with Crippen molar-refractivity contribution in [1.82, 2.24) is 0 Å². The Labute approximate surface area is 75.2 Å². The predicted octanol–water partition coefficient (Wildman–Crippen LogP) is 0.181. The summed E-state index contributed by atoms with van der Waals surface area (Å²) in [6.45, 7) is 0.133. The van der Waals surface area contributed by atoms with Gasteiger partial charge in [0.15, 0.2) is 5.96 Å². The molecule has 0 fully saturated rings. The topological polar surface area (TPSA) is 90.4 Å². The summed E-state index contributed by atoms with van der Waals surface area (Å²) in [5.74, 6) is -0.457. The molecule has 1 aromatic rings. The first kappa shape index (κ1) is 9.31. The van der Waals surface area contributed by atoms with Crippen LogP contribution in [0.5, 0.6) is 0 Å². The van der Waals surface area contributed by atoms with Crippen LogP contribution in [-0.2, 0) is 6.54 Å². The van der Waals surface area contributed by atoms with Gasteiger partial charge in [0.1, 0.15) is 5.82 Å². The van der Waals surface area contributed by atoms with Gasteiger partial charge in [-0.25, -0.2) is 9.38 Å². The maximum absolute atomic E-state index is 13.1. The van der Waals surface area contributed by atoms with Crippen LogP contribution in [0.25, 0.3) is 0 Å². The molecule has 0 aromatic heterocycles. The van der Waals surface area contributed by atoms with Gasteiger partial charge in [-0.05, 0) is 12.1 Å². The summed E-state index contributed by atoms with van der Waals surface area (Å²) in [7, 11) is 0. The molecule has 0 aliphatic heterocycles. The van der Waals surface area contributed by atoms with E-state index < -0.39 is 5.82 Å². The van der Waals surface area contributed by atoms with Crippen molar-refractivity contribution >= 4 is 11.6 Å². The van der Waals surface area contributed by atoms with Crippen LogP contribution in [0, 0.1) is 5.82 Å². The zero-order valence-corrected chi connectivity index (χ0v) is 7.00. The molecule has 1 rings (SSSR count). The Morgan fingerprint density at radius 1 is 1.38 bits per heavy atom. The van der Waals surface area contributed by atoms with Gasteiger partial charge in [-0.15, -0.1) is 0 Å². The van der Waals surface area contributed by atoms with Gasteiger partial charge in [0.2, 0.25) is 0 Å². The third kappa shape index (κ3) is 2.62. The van der Waals surface area contributed by atoms with Gasteiger partial charge < -0.3 is 17.2 Å². The zero-order valence-electron chi connectivity index (χ0n) is 7.00. The number of benzene rings is 1. The Hall–Kier alpha value is -1.78. The van der Waals surface area contributed by atoms with E-state index in [1.54, 1.807) is 12.1 Å². The fourth-order valence-electron chi connectivity index (χ4n) is 0.868. The summed E-state index contributed by atoms with van der Waals surface area (Å²) in [5, 5.41) is 0. The van der Waals surface area contributed by atoms with Crippen LogP contribution in [0.4, 0.5) is 10.1 Å². The van der Waals surface area contributed by atoms with E-state index >= 15 is 0 Å². The Morgan fingerprint density at radius 2 is 2.08 bits per heavy atom. The van der Waals surface area contributed by atoms with Crippen molar-refractivity contribution in [1.29, 1.82) is 0 Å². The molecule has 0 atom stereocenters. The predicted molar refractivity (Wildman–Crippen MR) is 50.3 cm³/mol. The lowest BCUT2D eigenvalue weighted by Gasteiger charge is -2.00. The largest absolute Gasteiger partial charge is 0.399 e. The summed E-state index contributed by atoms with van der Waals surface area (Å²) < 4.78 is 13.1. The van der Waals surface area contributed by atoms with Crippen LogP contribution < -0.4 is 17.2 Å². The number of rotatable bonds is 2. The van der Waals surface area contributed by atoms with Crippen molar-refractivity contribution in [2.75, 3.05) is 5.73 Å². The highest BCUT2D eigenvalue weighted by atomic mass is 19.1. The van der Waals surface area contributed by atoms with Crippen LogP contribution in [0.2, 0.25) is 0 Å². The van der Waals surface area contributed by atoms with Gasteiger partial charge in [0.25, 0.3) is 0 Å². The van der Waals surface area contributed by atoms with Crippen molar-refractivity contribution in [3.05, 3.63) is 29.6 Å². The SMILES string of the molecule is NC(N)=NCc1ccc(N)cc1F. The number of nitrogens with two attached hydrogens (primary N) is 3. The van der Waals surface area contributed by atoms with Crippen molar-refractivity contribution in [3.63, 3.8) is 0 Å². The zero-order chi connectivity index (χ0) is 9.84. The molecule has 0 bridgehead atoms. The molecule has 0 spiro atoms. The van der Waals surface area contributed by atoms with Gasteiger partial charge in [-0.2, -0.15) is 0 Å². The first-order chi connectivity index (χ1) is 6.09. The molecule has 0 unspecified atom stereocenters. The summed E-state index contributed by atoms with van der Waals surface area (Å²) >= 11 is 0. The van der Waals surface area contributed by atoms with E-state index in [0.29, 0.717) is 11.3 Å². The lowest BCUT2D eigenvalue weighted by atomic mass is 10.2. The number of aliphatic imine (C=N–C) groups is 1. The summed E-state index contributed by atoms with van der Waals surface area (Å²) in [4.78, 5) is 3.68. The number of nitrogen functional groups attached to an aromatic ring is 1. The number of halogens is 1. The highest BCUT2D eigenvalue weighted by molar-refractivity contribution is 5.75. The monoisotopic (exact) mass is 182 g/mol. The number of anilines is 1. The molecule has 0 saturated carbocycles. The summed E-state index contributed by atoms with van der Waals surface area (Å²) in [5.41, 5.74) is 16.4. The Bertz CT molecular complexity index is 331. The number of nitrogens with zero attached hydrogens (tertiary/aromatic N) is 1. The minimum Gasteiger partial charge on any atom is -0.399 e. The molecule has 6 N–H and O–H groups in total. The number of guanidine groups is 1. The molecule has 0 aliphatic rings. The number of hydrogen-bond acceptors (Lipinski definition) is 2. The Morgan fingerprint density at radius 3 is 2.62 bits per heavy atom. The first-order valence-corrected chi connectivity index (χ1v) is 3.69. The van der Waals surface area contributed by atoms with Gasteiger partial charge in [0, 0.05) is 11.3 Å². The van der Waals surface area contributed by atoms with Crippen LogP contribution in [0.15, 0.2) is 23.2 Å². The van der Waals surface area contributed by atoms with Gasteiger partial charge in [-0.3, -0.25) is 0 Å². The average molecular weight is 182 g/mol. The van der Waals surface area contributed by atoms with E-state index in [4.69, 9.17) is 17.2 Å². The smallest absolute Gasteiger partial charge is 0.186 e. The summed E-state index contributed by atoms with van der Waals surface area (Å²) in [6, 6.07) is 4.38. The highest BCUT2D eigenvalue weighted by Crippen LogP contribution is 2.12. The second-order valence-electron chi connectivity index (χ2n) is 2.59. The molecule has 70 valence electrons. The molecule has 5 heteroatoms. The molecular weight excluding hydrogens is 171 g/mol. The highest BCUT2D eigenvalue weighted by Gasteiger charge is 2.00. The van der Waals surface area contributed by atoms with E-state index in [2.05, 4.69) is 4.99 Å². The van der Waals surface area contributed by atoms with E-state index in [1.807, 2.05) is 0 Å². The van der Waals surface area contributed by atoms with Crippen molar-refractivity contribution < 1.29 is 4.39 Å². The van der Waals surface area contributed by atoms with Crippen LogP contribution in [-0.4, -0.2) is 5.96 Å². The van der Waals surface area contributed by atoms with Crippen LogP contribution in [0.3, 0.4) is 0 Å². The first-order valence-electron chi connectivity index (χ1n) is 3.69. The fourth-order valence-corrected chi connectivity index (χ4v) is 0.868. The number of hydrogen-bond donors (Lipinski definition) is 3. The van der Waals surface area contributed by atoms with Crippen molar-refractivity contribution in [2.45, 2.75) is 6.54 Å². The van der Waals surface area contributed by atoms with Gasteiger partial charge in [0.05, 0.1) is 6.54 Å². The van der Waals surface area contributed by atoms with Crippen LogP contribution >= 0.6 is 0 Å². The van der Waals surface area contributed by atoms with Gasteiger partial charge in [-0.1, -0.05) is 6.07 Å². The second-order valence-corrected chi connectivity index (χ2v) is 2.59. The maximum Gasteiger partial charge on any atom is 0.186 e. The second kappa shape index (κ2) is 3.75. The van der Waals surface area contributed by atoms with E-state index in [-0.39, 0.29) is 12.5 Å². The average Bonchev–Trinajstić information content (AvgIpc) is 2.02. The quantitative estimate of drug-likeness (QED) is 0.346. The lowest BCUT2D eigenvalue weighted by Crippen LogP contribution is -2.22. The summed E-state index contributed by atoms with van der Waals surface area (Å²) in [6.07, 6.45) is 0. The third-order valence-corrected chi connectivity index (χ3v) is 1.51. The molecule has 0 aliphatic carbocycles. The van der Waals surface area contributed by atoms with E-state index in [0.717, 1.165) is 0 Å². The molecule has 0 radical (unpaired) electrons. The third-order valence-electron chi connectivity index (χ3n) is 1.51. The molecule has 0 heterocycles. The molecule has 1 aromatic carbocycles. The normalized spacial score (nSPS) is 9.62. The van der Waals surface area contributed by atoms with E-state index in [9.17, 15) is 4.39 Å². The van der Waals surface area contributed by atoms with Crippen molar-refractivity contribution in [2.24, 2.45) is 16.5 Å². The molecular formula is C8H11FN4. The molecule has 0 saturated heterocycles.